The molecule has 2 aromatic rings. The Hall–Kier alpha value is -2.08. The molecule has 1 atom stereocenters. The number of aromatic nitrogens is 2. The van der Waals surface area contributed by atoms with Crippen LogP contribution in [0.4, 0.5) is 5.69 Å². The normalized spacial score (nSPS) is 12.6. The fraction of sp³-hybridized carbons (Fsp3) is 0.385. The molecule has 0 aliphatic carbocycles. The number of rotatable bonds is 3. The lowest BCUT2D eigenvalue weighted by Gasteiger charge is -2.14. The van der Waals surface area contributed by atoms with Crippen LogP contribution in [-0.2, 0) is 11.3 Å². The van der Waals surface area contributed by atoms with E-state index < -0.39 is 6.10 Å². The summed E-state index contributed by atoms with van der Waals surface area (Å²) in [7, 11) is 3.39. The number of likely N-dealkylation sites (N-methyl/N-ethyl adjacent to an activating group) is 1. The van der Waals surface area contributed by atoms with Gasteiger partial charge in [0.2, 0.25) is 5.91 Å². The molecule has 1 amide bonds. The number of carbonyl (C=O) groups excluding carboxylic acids is 1. The Labute approximate surface area is 111 Å². The van der Waals surface area contributed by atoms with E-state index in [1.165, 1.54) is 4.90 Å². The molecule has 1 aromatic carbocycles. The first kappa shape index (κ1) is 13.4. The Morgan fingerprint density at radius 1 is 1.53 bits per heavy atom. The third-order valence-electron chi connectivity index (χ3n) is 2.97. The number of nitrogens with two attached hydrogens (primary N) is 1. The first-order chi connectivity index (χ1) is 8.90. The van der Waals surface area contributed by atoms with Crippen LogP contribution in [0.15, 0.2) is 18.2 Å². The van der Waals surface area contributed by atoms with Gasteiger partial charge in [-0.05, 0) is 25.1 Å². The zero-order valence-electron chi connectivity index (χ0n) is 11.3. The average Bonchev–Trinajstić information content (AvgIpc) is 2.67. The highest BCUT2D eigenvalue weighted by molar-refractivity contribution is 5.83. The predicted octanol–water partition coefficient (Wildman–Crippen LogP) is 0.760. The molecule has 0 radical (unpaired) electrons. The molecule has 0 bridgehead atoms. The van der Waals surface area contributed by atoms with Gasteiger partial charge in [0.25, 0.3) is 0 Å². The quantitative estimate of drug-likeness (QED) is 0.800. The molecule has 0 saturated carbocycles. The zero-order valence-corrected chi connectivity index (χ0v) is 11.3. The van der Waals surface area contributed by atoms with Gasteiger partial charge in [0.05, 0.1) is 11.0 Å². The lowest BCUT2D eigenvalue weighted by Crippen LogP contribution is -2.27. The van der Waals surface area contributed by atoms with E-state index in [0.717, 1.165) is 5.52 Å². The second-order valence-corrected chi connectivity index (χ2v) is 4.77. The summed E-state index contributed by atoms with van der Waals surface area (Å²) in [4.78, 5) is 17.7. The van der Waals surface area contributed by atoms with Gasteiger partial charge < -0.3 is 20.3 Å². The Balaban J connectivity index is 2.55. The summed E-state index contributed by atoms with van der Waals surface area (Å²) in [6, 6.07) is 5.30. The summed E-state index contributed by atoms with van der Waals surface area (Å²) < 4.78 is 1.72. The molecule has 0 aliphatic rings. The maximum absolute atomic E-state index is 11.9. The van der Waals surface area contributed by atoms with Gasteiger partial charge in [0.1, 0.15) is 18.5 Å². The smallest absolute Gasteiger partial charge is 0.242 e. The van der Waals surface area contributed by atoms with E-state index in [4.69, 9.17) is 5.73 Å². The molecule has 0 aliphatic heterocycles. The third kappa shape index (κ3) is 2.53. The fourth-order valence-electron chi connectivity index (χ4n) is 1.93. The molecule has 0 spiro atoms. The molecule has 0 fully saturated rings. The summed E-state index contributed by atoms with van der Waals surface area (Å²) in [6.45, 7) is 1.77. The van der Waals surface area contributed by atoms with Crippen molar-refractivity contribution in [2.24, 2.45) is 0 Å². The highest BCUT2D eigenvalue weighted by Gasteiger charge is 2.17. The molecule has 6 heteroatoms. The third-order valence-corrected chi connectivity index (χ3v) is 2.97. The SMILES string of the molecule is CC(O)c1nc2cc(N)ccc2n1CC(=O)N(C)C. The number of nitrogen functional groups attached to an aromatic ring is 1. The molecular weight excluding hydrogens is 244 g/mol. The van der Waals surface area contributed by atoms with Crippen LogP contribution in [0.2, 0.25) is 0 Å². The van der Waals surface area contributed by atoms with Crippen molar-refractivity contribution < 1.29 is 9.90 Å². The topological polar surface area (TPSA) is 84.4 Å². The molecule has 3 N–H and O–H groups in total. The minimum absolute atomic E-state index is 0.0574. The van der Waals surface area contributed by atoms with E-state index in [-0.39, 0.29) is 12.5 Å². The van der Waals surface area contributed by atoms with E-state index in [2.05, 4.69) is 4.98 Å². The van der Waals surface area contributed by atoms with Gasteiger partial charge in [-0.15, -0.1) is 0 Å². The summed E-state index contributed by atoms with van der Waals surface area (Å²) in [6.07, 6.45) is -0.747. The van der Waals surface area contributed by atoms with Gasteiger partial charge >= 0.3 is 0 Å². The summed E-state index contributed by atoms with van der Waals surface area (Å²) in [5, 5.41) is 9.79. The number of imidazole rings is 1. The summed E-state index contributed by atoms with van der Waals surface area (Å²) >= 11 is 0. The number of carbonyl (C=O) groups is 1. The maximum atomic E-state index is 11.9. The number of hydrogen-bond acceptors (Lipinski definition) is 4. The first-order valence-electron chi connectivity index (χ1n) is 6.04. The van der Waals surface area contributed by atoms with Crippen molar-refractivity contribution in [3.63, 3.8) is 0 Å². The first-order valence-corrected chi connectivity index (χ1v) is 6.04. The van der Waals surface area contributed by atoms with Gasteiger partial charge in [-0.25, -0.2) is 4.98 Å². The Kier molecular flexibility index (Phi) is 3.44. The van der Waals surface area contributed by atoms with Gasteiger partial charge in [-0.3, -0.25) is 4.79 Å². The molecule has 6 nitrogen and oxygen atoms in total. The number of amides is 1. The number of fused-ring (bicyclic) bond motifs is 1. The lowest BCUT2D eigenvalue weighted by atomic mass is 10.3. The van der Waals surface area contributed by atoms with Crippen molar-refractivity contribution in [2.45, 2.75) is 19.6 Å². The van der Waals surface area contributed by atoms with E-state index in [0.29, 0.717) is 17.0 Å². The largest absolute Gasteiger partial charge is 0.399 e. The molecule has 1 unspecified atom stereocenters. The van der Waals surface area contributed by atoms with Crippen LogP contribution in [0.3, 0.4) is 0 Å². The average molecular weight is 262 g/mol. The highest BCUT2D eigenvalue weighted by Crippen LogP contribution is 2.22. The van der Waals surface area contributed by atoms with E-state index in [1.807, 2.05) is 6.07 Å². The van der Waals surface area contributed by atoms with E-state index >= 15 is 0 Å². The monoisotopic (exact) mass is 262 g/mol. The van der Waals surface area contributed by atoms with Gasteiger partial charge in [-0.2, -0.15) is 0 Å². The summed E-state index contributed by atoms with van der Waals surface area (Å²) in [5.41, 5.74) is 7.80. The molecule has 0 saturated heterocycles. The minimum Gasteiger partial charge on any atom is -0.399 e. The van der Waals surface area contributed by atoms with Crippen molar-refractivity contribution in [2.75, 3.05) is 19.8 Å². The van der Waals surface area contributed by atoms with Crippen LogP contribution in [0.25, 0.3) is 11.0 Å². The van der Waals surface area contributed by atoms with Crippen molar-refractivity contribution in [3.8, 4) is 0 Å². The number of hydrogen-bond donors (Lipinski definition) is 2. The fourth-order valence-corrected chi connectivity index (χ4v) is 1.93. The molecule has 1 aromatic heterocycles. The number of aliphatic hydroxyl groups excluding tert-OH is 1. The van der Waals surface area contributed by atoms with E-state index in [1.54, 1.807) is 37.7 Å². The van der Waals surface area contributed by atoms with Crippen molar-refractivity contribution >= 4 is 22.6 Å². The minimum atomic E-state index is -0.747. The van der Waals surface area contributed by atoms with Crippen LogP contribution in [0.5, 0.6) is 0 Å². The van der Waals surface area contributed by atoms with Gasteiger partial charge in [0, 0.05) is 19.8 Å². The van der Waals surface area contributed by atoms with Crippen molar-refractivity contribution in [1.29, 1.82) is 0 Å². The predicted molar refractivity (Wildman–Crippen MR) is 73.5 cm³/mol. The standard InChI is InChI=1S/C13H18N4O2/c1-8(18)13-15-10-6-9(14)4-5-11(10)17(13)7-12(19)16(2)3/h4-6,8,18H,7,14H2,1-3H3. The van der Waals surface area contributed by atoms with Crippen LogP contribution in [0.1, 0.15) is 18.9 Å². The Morgan fingerprint density at radius 3 is 2.79 bits per heavy atom. The van der Waals surface area contributed by atoms with Crippen molar-refractivity contribution in [1.82, 2.24) is 14.5 Å². The van der Waals surface area contributed by atoms with Crippen molar-refractivity contribution in [3.05, 3.63) is 24.0 Å². The van der Waals surface area contributed by atoms with Crippen LogP contribution in [-0.4, -0.2) is 39.6 Å². The maximum Gasteiger partial charge on any atom is 0.242 e. The molecule has 102 valence electrons. The molecular formula is C13H18N4O2. The van der Waals surface area contributed by atoms with Gasteiger partial charge in [-0.1, -0.05) is 0 Å². The van der Waals surface area contributed by atoms with Crippen LogP contribution >= 0.6 is 0 Å². The molecule has 1 heterocycles. The second-order valence-electron chi connectivity index (χ2n) is 4.77. The lowest BCUT2D eigenvalue weighted by molar-refractivity contribution is -0.129. The molecule has 19 heavy (non-hydrogen) atoms. The number of nitrogens with zero attached hydrogens (tertiary/aromatic N) is 3. The second kappa shape index (κ2) is 4.89. The number of aliphatic hydroxyl groups is 1. The zero-order chi connectivity index (χ0) is 14.2. The Bertz CT molecular complexity index is 616. The van der Waals surface area contributed by atoms with Gasteiger partial charge in [0.15, 0.2) is 0 Å². The van der Waals surface area contributed by atoms with E-state index in [9.17, 15) is 9.90 Å². The Morgan fingerprint density at radius 2 is 2.21 bits per heavy atom. The van der Waals surface area contributed by atoms with Crippen LogP contribution in [0, 0.1) is 0 Å². The summed E-state index contributed by atoms with van der Waals surface area (Å²) in [5.74, 6) is 0.411. The number of anilines is 1. The van der Waals surface area contributed by atoms with Crippen LogP contribution < -0.4 is 5.73 Å². The highest BCUT2D eigenvalue weighted by atomic mass is 16.3. The number of benzene rings is 1. The molecule has 2 rings (SSSR count).